The number of benzene rings is 1. The fourth-order valence-electron chi connectivity index (χ4n) is 1.11. The molecule has 0 saturated heterocycles. The highest BCUT2D eigenvalue weighted by molar-refractivity contribution is 5.85. The molecule has 0 bridgehead atoms. The van der Waals surface area contributed by atoms with Crippen molar-refractivity contribution in [3.8, 4) is 0 Å². The van der Waals surface area contributed by atoms with E-state index in [0.29, 0.717) is 5.92 Å². The van der Waals surface area contributed by atoms with Crippen LogP contribution in [0.15, 0.2) is 24.3 Å². The van der Waals surface area contributed by atoms with E-state index in [1.54, 1.807) is 0 Å². The van der Waals surface area contributed by atoms with Gasteiger partial charge in [-0.2, -0.15) is 0 Å². The summed E-state index contributed by atoms with van der Waals surface area (Å²) in [6.45, 7) is 6.14. The van der Waals surface area contributed by atoms with Crippen LogP contribution in [0.25, 0.3) is 0 Å². The topological polar surface area (TPSA) is 12.0 Å². The normalized spacial score (nSPS) is 10.0. The van der Waals surface area contributed by atoms with E-state index >= 15 is 0 Å². The molecule has 80 valence electrons. The van der Waals surface area contributed by atoms with Crippen LogP contribution in [0.5, 0.6) is 0 Å². The molecular formula is C11H17ClFN. The van der Waals surface area contributed by atoms with Gasteiger partial charge in [0.25, 0.3) is 0 Å². The minimum Gasteiger partial charge on any atom is -0.312 e. The fourth-order valence-corrected chi connectivity index (χ4v) is 1.11. The summed E-state index contributed by atoms with van der Waals surface area (Å²) >= 11 is 0. The predicted molar refractivity (Wildman–Crippen MR) is 60.2 cm³/mol. The Bertz CT molecular complexity index is 246. The van der Waals surface area contributed by atoms with E-state index in [1.807, 2.05) is 12.1 Å². The van der Waals surface area contributed by atoms with Crippen molar-refractivity contribution in [3.05, 3.63) is 35.6 Å². The molecule has 1 aromatic rings. The Balaban J connectivity index is 0.00000169. The Morgan fingerprint density at radius 1 is 1.21 bits per heavy atom. The van der Waals surface area contributed by atoms with Gasteiger partial charge in [0.15, 0.2) is 0 Å². The third-order valence-electron chi connectivity index (χ3n) is 1.79. The summed E-state index contributed by atoms with van der Waals surface area (Å²) in [6.07, 6.45) is 0. The Kier molecular flexibility index (Phi) is 6.50. The van der Waals surface area contributed by atoms with Crippen molar-refractivity contribution in [1.82, 2.24) is 5.32 Å². The zero-order valence-electron chi connectivity index (χ0n) is 8.59. The summed E-state index contributed by atoms with van der Waals surface area (Å²) in [6, 6.07) is 6.60. The van der Waals surface area contributed by atoms with Crippen molar-refractivity contribution in [1.29, 1.82) is 0 Å². The SMILES string of the molecule is CC(C)CNCc1ccc(F)cc1.Cl. The quantitative estimate of drug-likeness (QED) is 0.818. The second-order valence-corrected chi connectivity index (χ2v) is 3.65. The second-order valence-electron chi connectivity index (χ2n) is 3.65. The van der Waals surface area contributed by atoms with Gasteiger partial charge < -0.3 is 5.32 Å². The molecule has 0 spiro atoms. The minimum atomic E-state index is -0.174. The number of hydrogen-bond acceptors (Lipinski definition) is 1. The van der Waals surface area contributed by atoms with Gasteiger partial charge in [-0.1, -0.05) is 26.0 Å². The van der Waals surface area contributed by atoms with Crippen LogP contribution < -0.4 is 5.32 Å². The first-order chi connectivity index (χ1) is 6.18. The molecule has 1 nitrogen and oxygen atoms in total. The van der Waals surface area contributed by atoms with Crippen LogP contribution in [0.4, 0.5) is 4.39 Å². The molecule has 14 heavy (non-hydrogen) atoms. The summed E-state index contributed by atoms with van der Waals surface area (Å²) in [5.41, 5.74) is 1.13. The van der Waals surface area contributed by atoms with Crippen molar-refractivity contribution in [3.63, 3.8) is 0 Å². The Hall–Kier alpha value is -0.600. The Morgan fingerprint density at radius 2 is 1.79 bits per heavy atom. The van der Waals surface area contributed by atoms with E-state index < -0.39 is 0 Å². The molecule has 3 heteroatoms. The zero-order valence-corrected chi connectivity index (χ0v) is 9.40. The van der Waals surface area contributed by atoms with Gasteiger partial charge in [0.2, 0.25) is 0 Å². The van der Waals surface area contributed by atoms with Crippen molar-refractivity contribution in [2.45, 2.75) is 20.4 Å². The summed E-state index contributed by atoms with van der Waals surface area (Å²) in [5, 5.41) is 3.30. The smallest absolute Gasteiger partial charge is 0.123 e. The van der Waals surface area contributed by atoms with Crippen molar-refractivity contribution in [2.24, 2.45) is 5.92 Å². The van der Waals surface area contributed by atoms with Crippen LogP contribution in [-0.2, 0) is 6.54 Å². The van der Waals surface area contributed by atoms with Gasteiger partial charge in [-0.25, -0.2) is 4.39 Å². The van der Waals surface area contributed by atoms with Gasteiger partial charge in [-0.15, -0.1) is 12.4 Å². The number of halogens is 2. The average Bonchev–Trinajstić information content (AvgIpc) is 2.08. The molecule has 0 radical (unpaired) electrons. The van der Waals surface area contributed by atoms with E-state index in [2.05, 4.69) is 19.2 Å². The molecule has 0 unspecified atom stereocenters. The number of nitrogens with one attached hydrogen (secondary N) is 1. The molecule has 0 atom stereocenters. The van der Waals surface area contributed by atoms with Crippen LogP contribution in [0, 0.1) is 11.7 Å². The highest BCUT2D eigenvalue weighted by Gasteiger charge is 1.95. The molecule has 1 N–H and O–H groups in total. The van der Waals surface area contributed by atoms with Crippen LogP contribution in [-0.4, -0.2) is 6.54 Å². The first-order valence-corrected chi connectivity index (χ1v) is 4.63. The van der Waals surface area contributed by atoms with Crippen molar-refractivity contribution < 1.29 is 4.39 Å². The number of rotatable bonds is 4. The highest BCUT2D eigenvalue weighted by atomic mass is 35.5. The van der Waals surface area contributed by atoms with Gasteiger partial charge in [0.05, 0.1) is 0 Å². The third kappa shape index (κ3) is 5.20. The fraction of sp³-hybridized carbons (Fsp3) is 0.455. The molecule has 0 aliphatic rings. The van der Waals surface area contributed by atoms with Gasteiger partial charge in [0.1, 0.15) is 5.82 Å². The maximum atomic E-state index is 12.5. The Labute approximate surface area is 91.1 Å². The standard InChI is InChI=1S/C11H16FN.ClH/c1-9(2)7-13-8-10-3-5-11(12)6-4-10;/h3-6,9,13H,7-8H2,1-2H3;1H. The molecule has 0 fully saturated rings. The highest BCUT2D eigenvalue weighted by Crippen LogP contribution is 2.02. The van der Waals surface area contributed by atoms with Crippen LogP contribution >= 0.6 is 12.4 Å². The van der Waals surface area contributed by atoms with Gasteiger partial charge in [-0.3, -0.25) is 0 Å². The number of hydrogen-bond donors (Lipinski definition) is 1. The summed E-state index contributed by atoms with van der Waals surface area (Å²) in [7, 11) is 0. The van der Waals surface area contributed by atoms with Gasteiger partial charge in [-0.05, 0) is 30.2 Å². The lowest BCUT2D eigenvalue weighted by molar-refractivity contribution is 0.551. The van der Waals surface area contributed by atoms with Gasteiger partial charge >= 0.3 is 0 Å². The molecule has 0 aromatic heterocycles. The molecule has 0 heterocycles. The summed E-state index contributed by atoms with van der Waals surface area (Å²) in [5.74, 6) is 0.480. The van der Waals surface area contributed by atoms with Crippen molar-refractivity contribution >= 4 is 12.4 Å². The van der Waals surface area contributed by atoms with Gasteiger partial charge in [0, 0.05) is 6.54 Å². The molecule has 0 aliphatic heterocycles. The second kappa shape index (κ2) is 6.80. The molecule has 0 amide bonds. The Morgan fingerprint density at radius 3 is 2.29 bits per heavy atom. The lowest BCUT2D eigenvalue weighted by atomic mass is 10.2. The van der Waals surface area contributed by atoms with Crippen molar-refractivity contribution in [2.75, 3.05) is 6.54 Å². The van der Waals surface area contributed by atoms with Crippen LogP contribution in [0.2, 0.25) is 0 Å². The van der Waals surface area contributed by atoms with E-state index in [0.717, 1.165) is 18.7 Å². The average molecular weight is 218 g/mol. The monoisotopic (exact) mass is 217 g/mol. The van der Waals surface area contributed by atoms with E-state index in [-0.39, 0.29) is 18.2 Å². The lowest BCUT2D eigenvalue weighted by Crippen LogP contribution is -2.18. The summed E-state index contributed by atoms with van der Waals surface area (Å²) in [4.78, 5) is 0. The lowest BCUT2D eigenvalue weighted by Gasteiger charge is -2.06. The molecule has 1 aromatic carbocycles. The first-order valence-electron chi connectivity index (χ1n) is 4.63. The predicted octanol–water partition coefficient (Wildman–Crippen LogP) is 2.99. The van der Waals surface area contributed by atoms with Crippen LogP contribution in [0.3, 0.4) is 0 Å². The first kappa shape index (κ1) is 13.4. The maximum absolute atomic E-state index is 12.5. The van der Waals surface area contributed by atoms with Crippen LogP contribution in [0.1, 0.15) is 19.4 Å². The van der Waals surface area contributed by atoms with E-state index in [1.165, 1.54) is 12.1 Å². The molecular weight excluding hydrogens is 201 g/mol. The zero-order chi connectivity index (χ0) is 9.68. The maximum Gasteiger partial charge on any atom is 0.123 e. The van der Waals surface area contributed by atoms with E-state index in [4.69, 9.17) is 0 Å². The molecule has 0 saturated carbocycles. The molecule has 1 rings (SSSR count). The minimum absolute atomic E-state index is 0. The summed E-state index contributed by atoms with van der Waals surface area (Å²) < 4.78 is 12.5. The largest absolute Gasteiger partial charge is 0.312 e. The third-order valence-corrected chi connectivity index (χ3v) is 1.79. The van der Waals surface area contributed by atoms with E-state index in [9.17, 15) is 4.39 Å². The molecule has 0 aliphatic carbocycles.